The van der Waals surface area contributed by atoms with Gasteiger partial charge >= 0.3 is 5.97 Å². The second-order valence-corrected chi connectivity index (χ2v) is 9.62. The van der Waals surface area contributed by atoms with Gasteiger partial charge in [-0.05, 0) is 67.6 Å². The first kappa shape index (κ1) is 27.2. The Hall–Kier alpha value is -4.37. The largest absolute Gasteiger partial charge is 0.484 e. The van der Waals surface area contributed by atoms with Crippen LogP contribution in [0.25, 0.3) is 16.9 Å². The van der Waals surface area contributed by atoms with E-state index in [4.69, 9.17) is 21.1 Å². The molecule has 2 heterocycles. The molecule has 0 saturated carbocycles. The molecular weight excluding hydrogens is 535 g/mol. The average Bonchev–Trinajstić information content (AvgIpc) is 3.42. The summed E-state index contributed by atoms with van der Waals surface area (Å²) < 4.78 is 25.9. The number of nitrogens with zero attached hydrogens (tertiary/aromatic N) is 4. The van der Waals surface area contributed by atoms with Crippen molar-refractivity contribution in [3.8, 4) is 22.7 Å². The van der Waals surface area contributed by atoms with E-state index in [-0.39, 0.29) is 30.6 Å². The Labute approximate surface area is 236 Å². The van der Waals surface area contributed by atoms with Gasteiger partial charge < -0.3 is 19.3 Å². The number of ether oxygens (including phenoxy) is 2. The summed E-state index contributed by atoms with van der Waals surface area (Å²) in [7, 11) is 0. The molecule has 8 nitrogen and oxygen atoms in total. The molecule has 1 amide bonds. The van der Waals surface area contributed by atoms with Gasteiger partial charge in [0.2, 0.25) is 0 Å². The molecule has 1 aromatic heterocycles. The summed E-state index contributed by atoms with van der Waals surface area (Å²) in [5.74, 6) is -0.384. The number of anilines is 1. The standard InChI is InChI=1S/C30H28ClFN4O4/c1-2-39-30(38)27-19-28(36(33-27)25-12-8-23(32)9-13-25)21-6-10-24(11-7-21)34-14-16-35(17-15-34)29(37)20-40-26-5-3-4-22(31)18-26/h3-13,18-19H,2,14-17,20H2,1H3. The molecule has 0 spiro atoms. The van der Waals surface area contributed by atoms with E-state index < -0.39 is 5.97 Å². The Morgan fingerprint density at radius 2 is 1.62 bits per heavy atom. The number of carbonyl (C=O) groups excluding carboxylic acids is 2. The van der Waals surface area contributed by atoms with Crippen LogP contribution in [0.3, 0.4) is 0 Å². The van der Waals surface area contributed by atoms with Crippen molar-refractivity contribution in [1.82, 2.24) is 14.7 Å². The van der Waals surface area contributed by atoms with Gasteiger partial charge in [0.25, 0.3) is 5.91 Å². The Morgan fingerprint density at radius 1 is 0.925 bits per heavy atom. The summed E-state index contributed by atoms with van der Waals surface area (Å²) in [5.41, 5.74) is 3.32. The van der Waals surface area contributed by atoms with Crippen molar-refractivity contribution >= 4 is 29.2 Å². The second kappa shape index (κ2) is 12.2. The third-order valence-corrected chi connectivity index (χ3v) is 6.82. The highest BCUT2D eigenvalue weighted by atomic mass is 35.5. The van der Waals surface area contributed by atoms with Crippen LogP contribution in [-0.4, -0.2) is 65.9 Å². The van der Waals surface area contributed by atoms with Crippen molar-refractivity contribution < 1.29 is 23.5 Å². The topological polar surface area (TPSA) is 76.9 Å². The van der Waals surface area contributed by atoms with Crippen LogP contribution in [0.5, 0.6) is 5.75 Å². The van der Waals surface area contributed by atoms with E-state index in [2.05, 4.69) is 10.00 Å². The smallest absolute Gasteiger partial charge is 0.358 e. The molecule has 4 aromatic rings. The highest BCUT2D eigenvalue weighted by Gasteiger charge is 2.22. The van der Waals surface area contributed by atoms with Gasteiger partial charge in [-0.1, -0.05) is 29.8 Å². The minimum atomic E-state index is -0.522. The molecule has 206 valence electrons. The first-order valence-corrected chi connectivity index (χ1v) is 13.3. The second-order valence-electron chi connectivity index (χ2n) is 9.18. The molecule has 0 N–H and O–H groups in total. The monoisotopic (exact) mass is 562 g/mol. The third kappa shape index (κ3) is 6.26. The van der Waals surface area contributed by atoms with E-state index in [0.29, 0.717) is 48.3 Å². The van der Waals surface area contributed by atoms with Crippen LogP contribution >= 0.6 is 11.6 Å². The van der Waals surface area contributed by atoms with Crippen LogP contribution in [0.4, 0.5) is 10.1 Å². The van der Waals surface area contributed by atoms with Gasteiger partial charge in [0.1, 0.15) is 11.6 Å². The average molecular weight is 563 g/mol. The summed E-state index contributed by atoms with van der Waals surface area (Å²) >= 11 is 5.98. The maximum atomic E-state index is 13.5. The molecule has 0 aliphatic carbocycles. The molecule has 0 bridgehead atoms. The lowest BCUT2D eigenvalue weighted by Gasteiger charge is -2.36. The van der Waals surface area contributed by atoms with E-state index in [0.717, 1.165) is 11.3 Å². The number of halogens is 2. The van der Waals surface area contributed by atoms with E-state index >= 15 is 0 Å². The molecule has 0 unspecified atom stereocenters. The third-order valence-electron chi connectivity index (χ3n) is 6.58. The van der Waals surface area contributed by atoms with E-state index in [1.54, 1.807) is 59.0 Å². The number of amides is 1. The predicted octanol–water partition coefficient (Wildman–Crippen LogP) is 5.24. The molecule has 1 fully saturated rings. The molecule has 0 atom stereocenters. The van der Waals surface area contributed by atoms with Crippen LogP contribution < -0.4 is 9.64 Å². The highest BCUT2D eigenvalue weighted by Crippen LogP contribution is 2.28. The zero-order valence-corrected chi connectivity index (χ0v) is 22.7. The maximum absolute atomic E-state index is 13.5. The Kier molecular flexibility index (Phi) is 8.31. The molecular formula is C30H28ClFN4O4. The van der Waals surface area contributed by atoms with E-state index in [1.165, 1.54) is 12.1 Å². The van der Waals surface area contributed by atoms with Crippen LogP contribution in [0.2, 0.25) is 5.02 Å². The van der Waals surface area contributed by atoms with Crippen molar-refractivity contribution in [3.05, 3.63) is 95.4 Å². The number of aromatic nitrogens is 2. The SMILES string of the molecule is CCOC(=O)c1cc(-c2ccc(N3CCN(C(=O)COc4cccc(Cl)c4)CC3)cc2)n(-c2ccc(F)cc2)n1. The normalized spacial score (nSPS) is 13.3. The van der Waals surface area contributed by atoms with Gasteiger partial charge in [0, 0.05) is 42.5 Å². The van der Waals surface area contributed by atoms with E-state index in [1.807, 2.05) is 24.3 Å². The summed E-state index contributed by atoms with van der Waals surface area (Å²) in [4.78, 5) is 29.0. The van der Waals surface area contributed by atoms with Gasteiger partial charge in [-0.3, -0.25) is 4.79 Å². The molecule has 1 saturated heterocycles. The van der Waals surface area contributed by atoms with Gasteiger partial charge in [-0.25, -0.2) is 13.9 Å². The fourth-order valence-electron chi connectivity index (χ4n) is 4.52. The molecule has 1 aliphatic heterocycles. The number of hydrogen-bond donors (Lipinski definition) is 0. The summed E-state index contributed by atoms with van der Waals surface area (Å²) in [6, 6.07) is 22.5. The van der Waals surface area contributed by atoms with Crippen molar-refractivity contribution in [2.75, 3.05) is 44.3 Å². The maximum Gasteiger partial charge on any atom is 0.358 e. The predicted molar refractivity (Wildman–Crippen MR) is 151 cm³/mol. The van der Waals surface area contributed by atoms with Crippen LogP contribution in [-0.2, 0) is 9.53 Å². The van der Waals surface area contributed by atoms with Crippen LogP contribution in [0.15, 0.2) is 78.9 Å². The number of piperazine rings is 1. The molecule has 0 radical (unpaired) electrons. The van der Waals surface area contributed by atoms with Crippen molar-refractivity contribution in [1.29, 1.82) is 0 Å². The Morgan fingerprint density at radius 3 is 2.30 bits per heavy atom. The molecule has 1 aliphatic rings. The molecule has 10 heteroatoms. The lowest BCUT2D eigenvalue weighted by Crippen LogP contribution is -2.50. The fourth-order valence-corrected chi connectivity index (χ4v) is 4.70. The zero-order valence-electron chi connectivity index (χ0n) is 21.9. The van der Waals surface area contributed by atoms with Crippen LogP contribution in [0, 0.1) is 5.82 Å². The number of rotatable bonds is 8. The minimum Gasteiger partial charge on any atom is -0.484 e. The fraction of sp³-hybridized carbons (Fsp3) is 0.233. The van der Waals surface area contributed by atoms with Crippen molar-refractivity contribution in [2.45, 2.75) is 6.92 Å². The van der Waals surface area contributed by atoms with Gasteiger partial charge in [0.05, 0.1) is 18.0 Å². The van der Waals surface area contributed by atoms with Gasteiger partial charge in [0.15, 0.2) is 12.3 Å². The number of benzene rings is 3. The van der Waals surface area contributed by atoms with Gasteiger partial charge in [-0.15, -0.1) is 0 Å². The minimum absolute atomic E-state index is 0.0371. The lowest BCUT2D eigenvalue weighted by molar-refractivity contribution is -0.133. The van der Waals surface area contributed by atoms with Gasteiger partial charge in [-0.2, -0.15) is 5.10 Å². The number of hydrogen-bond acceptors (Lipinski definition) is 6. The zero-order chi connectivity index (χ0) is 28.1. The van der Waals surface area contributed by atoms with E-state index in [9.17, 15) is 14.0 Å². The van der Waals surface area contributed by atoms with Crippen LogP contribution in [0.1, 0.15) is 17.4 Å². The Bertz CT molecular complexity index is 1480. The molecule has 5 rings (SSSR count). The van der Waals surface area contributed by atoms with Crippen molar-refractivity contribution in [3.63, 3.8) is 0 Å². The number of esters is 1. The summed E-state index contributed by atoms with van der Waals surface area (Å²) in [6.07, 6.45) is 0. The van der Waals surface area contributed by atoms with Crippen molar-refractivity contribution in [2.24, 2.45) is 0 Å². The molecule has 3 aromatic carbocycles. The first-order valence-electron chi connectivity index (χ1n) is 13.0. The number of carbonyl (C=O) groups is 2. The quantitative estimate of drug-likeness (QED) is 0.274. The first-order chi connectivity index (χ1) is 19.4. The Balaban J connectivity index is 1.25. The molecule has 40 heavy (non-hydrogen) atoms. The highest BCUT2D eigenvalue weighted by molar-refractivity contribution is 6.30. The summed E-state index contributed by atoms with van der Waals surface area (Å²) in [6.45, 7) is 4.47. The summed E-state index contributed by atoms with van der Waals surface area (Å²) in [5, 5.41) is 5.00. The lowest BCUT2D eigenvalue weighted by atomic mass is 10.1.